The van der Waals surface area contributed by atoms with Crippen LogP contribution in [-0.4, -0.2) is 0 Å². The van der Waals surface area contributed by atoms with Crippen molar-refractivity contribution in [2.75, 3.05) is 0 Å². The maximum atomic E-state index is 12.6. The highest BCUT2D eigenvalue weighted by Crippen LogP contribution is 2.43. The van der Waals surface area contributed by atoms with E-state index in [4.69, 9.17) is 5.73 Å². The van der Waals surface area contributed by atoms with Gasteiger partial charge in [-0.15, -0.1) is 0 Å². The van der Waals surface area contributed by atoms with Gasteiger partial charge in [0.15, 0.2) is 0 Å². The van der Waals surface area contributed by atoms with Gasteiger partial charge < -0.3 is 5.73 Å². The largest absolute Gasteiger partial charge is 0.416 e. The fourth-order valence-corrected chi connectivity index (χ4v) is 1.76. The summed E-state index contributed by atoms with van der Waals surface area (Å²) in [6.07, 6.45) is -2.43. The quantitative estimate of drug-likeness (QED) is 0.805. The van der Waals surface area contributed by atoms with Gasteiger partial charge in [0.05, 0.1) is 5.56 Å². The second-order valence-corrected chi connectivity index (χ2v) is 3.95. The third kappa shape index (κ3) is 2.15. The van der Waals surface area contributed by atoms with Crippen LogP contribution in [0, 0.1) is 5.92 Å². The second kappa shape index (κ2) is 3.52. The highest BCUT2D eigenvalue weighted by molar-refractivity contribution is 5.33. The van der Waals surface area contributed by atoms with Gasteiger partial charge in [-0.2, -0.15) is 13.2 Å². The monoisotopic (exact) mass is 215 g/mol. The van der Waals surface area contributed by atoms with Crippen LogP contribution in [0.3, 0.4) is 0 Å². The van der Waals surface area contributed by atoms with Gasteiger partial charge in [-0.3, -0.25) is 0 Å². The summed E-state index contributed by atoms with van der Waals surface area (Å²) >= 11 is 0. The summed E-state index contributed by atoms with van der Waals surface area (Å²) in [4.78, 5) is 0. The van der Waals surface area contributed by atoms with Gasteiger partial charge >= 0.3 is 6.18 Å². The molecule has 0 radical (unpaired) electrons. The summed E-state index contributed by atoms with van der Waals surface area (Å²) in [6.45, 7) is 0. The van der Waals surface area contributed by atoms with Crippen LogP contribution in [0.5, 0.6) is 0 Å². The number of halogens is 3. The summed E-state index contributed by atoms with van der Waals surface area (Å²) in [6, 6.07) is 5.10. The Labute approximate surface area is 86.1 Å². The van der Waals surface area contributed by atoms with E-state index < -0.39 is 17.8 Å². The minimum atomic E-state index is -4.30. The molecular weight excluding hydrogens is 203 g/mol. The molecule has 0 bridgehead atoms. The summed E-state index contributed by atoms with van der Waals surface area (Å²) in [7, 11) is 0. The molecule has 0 heterocycles. The maximum absolute atomic E-state index is 12.6. The van der Waals surface area contributed by atoms with Crippen LogP contribution in [-0.2, 0) is 6.18 Å². The van der Waals surface area contributed by atoms with Gasteiger partial charge in [0.2, 0.25) is 0 Å². The lowest BCUT2D eigenvalue weighted by molar-refractivity contribution is -0.138. The topological polar surface area (TPSA) is 26.0 Å². The SMILES string of the molecule is NC(c1ccccc1C(F)(F)F)C1CC1. The zero-order valence-corrected chi connectivity index (χ0v) is 8.09. The molecule has 1 aliphatic carbocycles. The molecule has 0 spiro atoms. The number of hydrogen-bond donors (Lipinski definition) is 1. The van der Waals surface area contributed by atoms with Crippen molar-refractivity contribution in [3.8, 4) is 0 Å². The molecule has 2 rings (SSSR count). The third-order valence-electron chi connectivity index (χ3n) is 2.76. The van der Waals surface area contributed by atoms with Crippen LogP contribution in [0.4, 0.5) is 13.2 Å². The normalized spacial score (nSPS) is 18.9. The molecule has 1 aliphatic rings. The zero-order chi connectivity index (χ0) is 11.1. The minimum absolute atomic E-state index is 0.229. The average Bonchev–Trinajstić information content (AvgIpc) is 2.98. The fourth-order valence-electron chi connectivity index (χ4n) is 1.76. The maximum Gasteiger partial charge on any atom is 0.416 e. The summed E-state index contributed by atoms with van der Waals surface area (Å²) in [5.74, 6) is 0.230. The molecule has 0 amide bonds. The Kier molecular flexibility index (Phi) is 2.46. The van der Waals surface area contributed by atoms with Gasteiger partial charge in [0.25, 0.3) is 0 Å². The molecular formula is C11H12F3N. The van der Waals surface area contributed by atoms with E-state index in [0.29, 0.717) is 0 Å². The van der Waals surface area contributed by atoms with E-state index in [0.717, 1.165) is 18.9 Å². The average molecular weight is 215 g/mol. The molecule has 1 nitrogen and oxygen atoms in total. The number of rotatable bonds is 2. The Morgan fingerprint density at radius 2 is 1.80 bits per heavy atom. The first-order chi connectivity index (χ1) is 7.00. The van der Waals surface area contributed by atoms with Crippen LogP contribution in [0.15, 0.2) is 24.3 Å². The lowest BCUT2D eigenvalue weighted by Crippen LogP contribution is -2.18. The van der Waals surface area contributed by atoms with E-state index >= 15 is 0 Å². The molecule has 15 heavy (non-hydrogen) atoms. The lowest BCUT2D eigenvalue weighted by atomic mass is 9.97. The van der Waals surface area contributed by atoms with Gasteiger partial charge in [-0.1, -0.05) is 18.2 Å². The molecule has 0 aromatic heterocycles. The van der Waals surface area contributed by atoms with E-state index in [1.54, 1.807) is 6.07 Å². The number of alkyl halides is 3. The number of hydrogen-bond acceptors (Lipinski definition) is 1. The van der Waals surface area contributed by atoms with Crippen molar-refractivity contribution in [1.29, 1.82) is 0 Å². The first-order valence-electron chi connectivity index (χ1n) is 4.92. The molecule has 0 saturated heterocycles. The third-order valence-corrected chi connectivity index (χ3v) is 2.76. The smallest absolute Gasteiger partial charge is 0.324 e. The Hall–Kier alpha value is -1.03. The molecule has 1 unspecified atom stereocenters. The van der Waals surface area contributed by atoms with Crippen LogP contribution < -0.4 is 5.73 Å². The van der Waals surface area contributed by atoms with Crippen molar-refractivity contribution >= 4 is 0 Å². The number of benzene rings is 1. The Balaban J connectivity index is 2.37. The highest BCUT2D eigenvalue weighted by atomic mass is 19.4. The van der Waals surface area contributed by atoms with Crippen LogP contribution >= 0.6 is 0 Å². The summed E-state index contributed by atoms with van der Waals surface area (Å²) < 4.78 is 37.9. The van der Waals surface area contributed by atoms with E-state index in [9.17, 15) is 13.2 Å². The van der Waals surface area contributed by atoms with E-state index in [2.05, 4.69) is 0 Å². The molecule has 1 aromatic rings. The summed E-state index contributed by atoms with van der Waals surface area (Å²) in [5, 5.41) is 0. The molecule has 1 atom stereocenters. The molecule has 2 N–H and O–H groups in total. The Bertz CT molecular complexity index is 355. The lowest BCUT2D eigenvalue weighted by Gasteiger charge is -2.17. The van der Waals surface area contributed by atoms with Crippen molar-refractivity contribution in [2.45, 2.75) is 25.1 Å². The molecule has 4 heteroatoms. The standard InChI is InChI=1S/C11H12F3N/c12-11(13,14)9-4-2-1-3-8(9)10(15)7-5-6-7/h1-4,7,10H,5-6,15H2. The first-order valence-corrected chi connectivity index (χ1v) is 4.92. The molecule has 82 valence electrons. The van der Waals surface area contributed by atoms with Crippen molar-refractivity contribution in [3.05, 3.63) is 35.4 Å². The second-order valence-electron chi connectivity index (χ2n) is 3.95. The van der Waals surface area contributed by atoms with E-state index in [-0.39, 0.29) is 11.5 Å². The Morgan fingerprint density at radius 3 is 2.33 bits per heavy atom. The van der Waals surface area contributed by atoms with Crippen LogP contribution in [0.25, 0.3) is 0 Å². The van der Waals surface area contributed by atoms with Crippen molar-refractivity contribution in [3.63, 3.8) is 0 Å². The van der Waals surface area contributed by atoms with Crippen molar-refractivity contribution < 1.29 is 13.2 Å². The minimum Gasteiger partial charge on any atom is -0.324 e. The molecule has 1 fully saturated rings. The van der Waals surface area contributed by atoms with Crippen LogP contribution in [0.1, 0.15) is 30.0 Å². The van der Waals surface area contributed by atoms with Crippen molar-refractivity contribution in [2.24, 2.45) is 11.7 Å². The van der Waals surface area contributed by atoms with Gasteiger partial charge in [0.1, 0.15) is 0 Å². The zero-order valence-electron chi connectivity index (χ0n) is 8.09. The number of nitrogens with two attached hydrogens (primary N) is 1. The first kappa shape index (κ1) is 10.5. The predicted molar refractivity (Wildman–Crippen MR) is 51.1 cm³/mol. The molecule has 0 aliphatic heterocycles. The fraction of sp³-hybridized carbons (Fsp3) is 0.455. The van der Waals surface area contributed by atoms with Gasteiger partial charge in [-0.05, 0) is 30.4 Å². The van der Waals surface area contributed by atoms with E-state index in [1.165, 1.54) is 12.1 Å². The van der Waals surface area contributed by atoms with Crippen molar-refractivity contribution in [1.82, 2.24) is 0 Å². The van der Waals surface area contributed by atoms with Gasteiger partial charge in [0, 0.05) is 6.04 Å². The molecule has 1 aromatic carbocycles. The Morgan fingerprint density at radius 1 is 1.20 bits per heavy atom. The highest BCUT2D eigenvalue weighted by Gasteiger charge is 2.38. The van der Waals surface area contributed by atoms with Crippen LogP contribution in [0.2, 0.25) is 0 Å². The molecule has 1 saturated carbocycles. The van der Waals surface area contributed by atoms with E-state index in [1.807, 2.05) is 0 Å². The predicted octanol–water partition coefficient (Wildman–Crippen LogP) is 3.12. The van der Waals surface area contributed by atoms with Gasteiger partial charge in [-0.25, -0.2) is 0 Å². The summed E-state index contributed by atoms with van der Waals surface area (Å²) in [5.41, 5.74) is 5.43.